The molecule has 4 nitrogen and oxygen atoms in total. The van der Waals surface area contributed by atoms with Gasteiger partial charge in [-0.2, -0.15) is 0 Å². The molecule has 2 rings (SSSR count). The first kappa shape index (κ1) is 16.5. The van der Waals surface area contributed by atoms with E-state index in [1.54, 1.807) is 11.3 Å². The van der Waals surface area contributed by atoms with Crippen molar-refractivity contribution < 1.29 is 9.53 Å². The van der Waals surface area contributed by atoms with Gasteiger partial charge in [0.2, 0.25) is 5.91 Å². The van der Waals surface area contributed by atoms with Crippen molar-refractivity contribution in [3.63, 3.8) is 0 Å². The van der Waals surface area contributed by atoms with E-state index >= 15 is 0 Å². The fourth-order valence-electron chi connectivity index (χ4n) is 2.94. The Kier molecular flexibility index (Phi) is 4.76. The molecule has 0 aliphatic carbocycles. The van der Waals surface area contributed by atoms with Gasteiger partial charge in [-0.1, -0.05) is 6.07 Å². The average Bonchev–Trinajstić information content (AvgIpc) is 2.92. The third-order valence-corrected chi connectivity index (χ3v) is 4.81. The highest BCUT2D eigenvalue weighted by Crippen LogP contribution is 2.37. The van der Waals surface area contributed by atoms with Crippen LogP contribution in [0.2, 0.25) is 0 Å². The summed E-state index contributed by atoms with van der Waals surface area (Å²) in [4.78, 5) is 13.4. The van der Waals surface area contributed by atoms with Gasteiger partial charge in [0.25, 0.3) is 0 Å². The first-order valence-electron chi connectivity index (χ1n) is 7.46. The molecule has 1 aliphatic rings. The summed E-state index contributed by atoms with van der Waals surface area (Å²) in [5.41, 5.74) is -0.403. The predicted molar refractivity (Wildman–Crippen MR) is 86.4 cm³/mol. The summed E-state index contributed by atoms with van der Waals surface area (Å²) >= 11 is 1.65. The number of carbonyl (C=O) groups excluding carboxylic acids is 1. The molecular formula is C16H26N2O2S. The zero-order valence-corrected chi connectivity index (χ0v) is 14.3. The first-order valence-corrected chi connectivity index (χ1v) is 8.34. The average molecular weight is 310 g/mol. The summed E-state index contributed by atoms with van der Waals surface area (Å²) in [6, 6.07) is 3.97. The molecule has 1 aliphatic heterocycles. The van der Waals surface area contributed by atoms with E-state index in [0.29, 0.717) is 6.54 Å². The molecule has 1 aromatic heterocycles. The molecule has 0 bridgehead atoms. The van der Waals surface area contributed by atoms with Crippen molar-refractivity contribution >= 4 is 17.2 Å². The lowest BCUT2D eigenvalue weighted by atomic mass is 9.94. The minimum atomic E-state index is -0.258. The molecule has 21 heavy (non-hydrogen) atoms. The summed E-state index contributed by atoms with van der Waals surface area (Å²) in [6.07, 6.45) is 0.905. The maximum Gasteiger partial charge on any atom is 0.237 e. The maximum atomic E-state index is 12.2. The fourth-order valence-corrected chi connectivity index (χ4v) is 3.58. The number of carbonyl (C=O) groups is 1. The highest BCUT2D eigenvalue weighted by atomic mass is 32.1. The minimum Gasteiger partial charge on any atom is -0.368 e. The minimum absolute atomic E-state index is 0.0314. The summed E-state index contributed by atoms with van der Waals surface area (Å²) in [7, 11) is 0. The van der Waals surface area contributed by atoms with Gasteiger partial charge in [0, 0.05) is 10.9 Å². The third-order valence-electron chi connectivity index (χ3n) is 3.94. The van der Waals surface area contributed by atoms with E-state index < -0.39 is 0 Å². The Morgan fingerprint density at radius 2 is 2.19 bits per heavy atom. The van der Waals surface area contributed by atoms with Gasteiger partial charge in [-0.3, -0.25) is 4.79 Å². The quantitative estimate of drug-likeness (QED) is 0.879. The number of rotatable bonds is 5. The zero-order valence-electron chi connectivity index (χ0n) is 13.5. The van der Waals surface area contributed by atoms with Crippen LogP contribution in [0.1, 0.15) is 45.9 Å². The van der Waals surface area contributed by atoms with E-state index in [1.165, 1.54) is 4.88 Å². The molecule has 5 heteroatoms. The van der Waals surface area contributed by atoms with Crippen LogP contribution in [0.3, 0.4) is 0 Å². The second-order valence-corrected chi connectivity index (χ2v) is 7.94. The van der Waals surface area contributed by atoms with Crippen LogP contribution in [0.25, 0.3) is 0 Å². The number of amides is 1. The standard InChI is InChI=1S/C16H26N2O2S/c1-11(14(19)17-10-12-7-6-8-21-12)18-13-9-15(2,3)20-16(13,4)5/h6-8,11,13,18H,9-10H2,1-5H3,(H,17,19)/t11-,13+/m0/s1. The van der Waals surface area contributed by atoms with Crippen LogP contribution < -0.4 is 10.6 Å². The van der Waals surface area contributed by atoms with Gasteiger partial charge in [0.1, 0.15) is 0 Å². The maximum absolute atomic E-state index is 12.2. The molecule has 0 radical (unpaired) electrons. The summed E-state index contributed by atoms with van der Waals surface area (Å²) in [5.74, 6) is 0.0314. The fraction of sp³-hybridized carbons (Fsp3) is 0.688. The Balaban J connectivity index is 1.86. The predicted octanol–water partition coefficient (Wildman–Crippen LogP) is 2.69. The van der Waals surface area contributed by atoms with Gasteiger partial charge in [-0.25, -0.2) is 0 Å². The largest absolute Gasteiger partial charge is 0.368 e. The van der Waals surface area contributed by atoms with Crippen LogP contribution in [0.5, 0.6) is 0 Å². The van der Waals surface area contributed by atoms with Crippen LogP contribution in [-0.4, -0.2) is 29.2 Å². The van der Waals surface area contributed by atoms with Crippen LogP contribution in [0.15, 0.2) is 17.5 Å². The van der Waals surface area contributed by atoms with Gasteiger partial charge >= 0.3 is 0 Å². The summed E-state index contributed by atoms with van der Waals surface area (Å²) < 4.78 is 6.06. The van der Waals surface area contributed by atoms with E-state index in [1.807, 2.05) is 24.4 Å². The molecular weight excluding hydrogens is 284 g/mol. The van der Waals surface area contributed by atoms with E-state index in [4.69, 9.17) is 4.74 Å². The molecule has 0 spiro atoms. The van der Waals surface area contributed by atoms with Crippen LogP contribution >= 0.6 is 11.3 Å². The SMILES string of the molecule is C[C@H](N[C@@H]1CC(C)(C)OC1(C)C)C(=O)NCc1cccs1. The molecule has 2 atom stereocenters. The monoisotopic (exact) mass is 310 g/mol. The van der Waals surface area contributed by atoms with E-state index in [-0.39, 0.29) is 29.2 Å². The highest BCUT2D eigenvalue weighted by Gasteiger charge is 2.46. The highest BCUT2D eigenvalue weighted by molar-refractivity contribution is 7.09. The number of nitrogens with one attached hydrogen (secondary N) is 2. The molecule has 0 saturated carbocycles. The lowest BCUT2D eigenvalue weighted by molar-refractivity contribution is -0.123. The second kappa shape index (κ2) is 6.07. The van der Waals surface area contributed by atoms with Crippen molar-refractivity contribution in [1.29, 1.82) is 0 Å². The Labute approximate surface area is 131 Å². The van der Waals surface area contributed by atoms with Crippen LogP contribution in [-0.2, 0) is 16.1 Å². The van der Waals surface area contributed by atoms with Crippen molar-refractivity contribution in [3.8, 4) is 0 Å². The molecule has 0 unspecified atom stereocenters. The molecule has 1 amide bonds. The Hall–Kier alpha value is -0.910. The Bertz CT molecular complexity index is 482. The van der Waals surface area contributed by atoms with E-state index in [0.717, 1.165) is 6.42 Å². The second-order valence-electron chi connectivity index (χ2n) is 6.91. The van der Waals surface area contributed by atoms with Gasteiger partial charge < -0.3 is 15.4 Å². The number of thiophene rings is 1. The van der Waals surface area contributed by atoms with Crippen LogP contribution in [0.4, 0.5) is 0 Å². The van der Waals surface area contributed by atoms with Crippen LogP contribution in [0, 0.1) is 0 Å². The number of hydrogen-bond donors (Lipinski definition) is 2. The van der Waals surface area contributed by atoms with Crippen molar-refractivity contribution in [3.05, 3.63) is 22.4 Å². The zero-order chi connectivity index (χ0) is 15.7. The number of hydrogen-bond acceptors (Lipinski definition) is 4. The molecule has 1 saturated heterocycles. The molecule has 2 N–H and O–H groups in total. The molecule has 1 aromatic rings. The molecule has 118 valence electrons. The normalized spacial score (nSPS) is 24.7. The van der Waals surface area contributed by atoms with Crippen molar-refractivity contribution in [2.24, 2.45) is 0 Å². The van der Waals surface area contributed by atoms with Gasteiger partial charge in [0.15, 0.2) is 0 Å². The molecule has 2 heterocycles. The van der Waals surface area contributed by atoms with Crippen molar-refractivity contribution in [2.75, 3.05) is 0 Å². The van der Waals surface area contributed by atoms with Gasteiger partial charge in [0.05, 0.1) is 23.8 Å². The Morgan fingerprint density at radius 3 is 2.71 bits per heavy atom. The van der Waals surface area contributed by atoms with Gasteiger partial charge in [-0.15, -0.1) is 11.3 Å². The third kappa shape index (κ3) is 4.28. The van der Waals surface area contributed by atoms with E-state index in [9.17, 15) is 4.79 Å². The van der Waals surface area contributed by atoms with Crippen molar-refractivity contribution in [1.82, 2.24) is 10.6 Å². The number of ether oxygens (including phenoxy) is 1. The smallest absolute Gasteiger partial charge is 0.237 e. The van der Waals surface area contributed by atoms with E-state index in [2.05, 4.69) is 38.3 Å². The Morgan fingerprint density at radius 1 is 1.48 bits per heavy atom. The summed E-state index contributed by atoms with van der Waals surface area (Å²) in [5, 5.41) is 8.41. The molecule has 0 aromatic carbocycles. The lowest BCUT2D eigenvalue weighted by Crippen LogP contribution is -2.52. The lowest BCUT2D eigenvalue weighted by Gasteiger charge is -2.29. The first-order chi connectivity index (χ1) is 9.70. The molecule has 1 fully saturated rings. The summed E-state index contributed by atoms with van der Waals surface area (Å²) in [6.45, 7) is 10.9. The van der Waals surface area contributed by atoms with Gasteiger partial charge in [-0.05, 0) is 52.5 Å². The van der Waals surface area contributed by atoms with Crippen molar-refractivity contribution in [2.45, 2.75) is 70.9 Å². The topological polar surface area (TPSA) is 50.4 Å².